The van der Waals surface area contributed by atoms with Gasteiger partial charge in [0.25, 0.3) is 0 Å². The number of amides is 1. The zero-order chi connectivity index (χ0) is 15.2. The van der Waals surface area contributed by atoms with Crippen LogP contribution in [0, 0.1) is 5.92 Å². The Morgan fingerprint density at radius 2 is 2.14 bits per heavy atom. The number of carboxylic acid groups (broad SMARTS) is 1. The molecule has 2 atom stereocenters. The monoisotopic (exact) mass is 307 g/mol. The van der Waals surface area contributed by atoms with Gasteiger partial charge in [-0.15, -0.1) is 0 Å². The number of nitrogens with one attached hydrogen (secondary N) is 1. The van der Waals surface area contributed by atoms with Gasteiger partial charge in [-0.3, -0.25) is 9.59 Å². The van der Waals surface area contributed by atoms with Crippen LogP contribution in [0.5, 0.6) is 0 Å². The summed E-state index contributed by atoms with van der Waals surface area (Å²) in [6.45, 7) is 0. The van der Waals surface area contributed by atoms with Crippen molar-refractivity contribution in [2.24, 2.45) is 5.92 Å². The molecule has 0 saturated heterocycles. The van der Waals surface area contributed by atoms with Crippen LogP contribution in [-0.4, -0.2) is 17.0 Å². The van der Waals surface area contributed by atoms with Gasteiger partial charge >= 0.3 is 5.97 Å². The third kappa shape index (κ3) is 4.60. The lowest BCUT2D eigenvalue weighted by Crippen LogP contribution is -2.31. The fraction of sp³-hybridized carbons (Fsp3) is 0.375. The van der Waals surface area contributed by atoms with Crippen molar-refractivity contribution in [1.29, 1.82) is 0 Å². The average molecular weight is 308 g/mol. The van der Waals surface area contributed by atoms with Gasteiger partial charge in [0.15, 0.2) is 0 Å². The minimum absolute atomic E-state index is 0.141. The Morgan fingerprint density at radius 3 is 2.76 bits per heavy atom. The van der Waals surface area contributed by atoms with Crippen molar-refractivity contribution in [2.75, 3.05) is 0 Å². The molecule has 0 bridgehead atoms. The topological polar surface area (TPSA) is 66.4 Å². The minimum Gasteiger partial charge on any atom is -0.481 e. The molecule has 1 aliphatic rings. The number of carboxylic acids is 1. The summed E-state index contributed by atoms with van der Waals surface area (Å²) in [7, 11) is 0. The first-order chi connectivity index (χ1) is 10.1. The number of halogens is 1. The number of benzene rings is 1. The van der Waals surface area contributed by atoms with Crippen molar-refractivity contribution < 1.29 is 14.7 Å². The van der Waals surface area contributed by atoms with Gasteiger partial charge in [-0.05, 0) is 30.4 Å². The van der Waals surface area contributed by atoms with Crippen LogP contribution in [0.2, 0.25) is 5.02 Å². The molecule has 0 fully saturated rings. The number of allylic oxidation sites excluding steroid dienone is 2. The molecule has 1 amide bonds. The predicted octanol–water partition coefficient (Wildman–Crippen LogP) is 3.33. The van der Waals surface area contributed by atoms with Crippen molar-refractivity contribution in [3.8, 4) is 0 Å². The molecule has 0 aliphatic heterocycles. The number of rotatable bonds is 6. The Labute approximate surface area is 128 Å². The van der Waals surface area contributed by atoms with E-state index in [0.29, 0.717) is 17.0 Å². The molecule has 0 heterocycles. The highest BCUT2D eigenvalue weighted by Gasteiger charge is 2.22. The molecule has 1 aliphatic carbocycles. The second-order valence-electron chi connectivity index (χ2n) is 5.21. The van der Waals surface area contributed by atoms with Crippen molar-refractivity contribution >= 4 is 23.5 Å². The Kier molecular flexibility index (Phi) is 5.39. The molecule has 0 unspecified atom stereocenters. The summed E-state index contributed by atoms with van der Waals surface area (Å²) in [5.74, 6) is -0.861. The normalized spacial score (nSPS) is 18.4. The van der Waals surface area contributed by atoms with Gasteiger partial charge in [0, 0.05) is 11.4 Å². The molecule has 2 N–H and O–H groups in total. The molecule has 2 rings (SSSR count). The van der Waals surface area contributed by atoms with Crippen LogP contribution >= 0.6 is 11.6 Å². The van der Waals surface area contributed by atoms with E-state index < -0.39 is 12.0 Å². The van der Waals surface area contributed by atoms with E-state index in [1.165, 1.54) is 0 Å². The highest BCUT2D eigenvalue weighted by atomic mass is 35.5. The van der Waals surface area contributed by atoms with Gasteiger partial charge in [0.1, 0.15) is 0 Å². The molecule has 1 aromatic carbocycles. The van der Waals surface area contributed by atoms with Gasteiger partial charge in [0.05, 0.1) is 12.5 Å². The molecule has 0 saturated carbocycles. The molecule has 0 spiro atoms. The zero-order valence-electron chi connectivity index (χ0n) is 11.6. The van der Waals surface area contributed by atoms with Gasteiger partial charge < -0.3 is 10.4 Å². The molecule has 21 heavy (non-hydrogen) atoms. The standard InChI is InChI=1S/C16H18ClNO3/c17-13-8-4-3-7-12(13)14(10-16(20)21)18-15(19)9-11-5-1-2-6-11/h1,3-5,7-8,11,14H,2,6,9-10H2,(H,18,19)(H,20,21)/t11-,14-/m1/s1. The zero-order valence-corrected chi connectivity index (χ0v) is 12.3. The number of carbonyl (C=O) groups is 2. The molecule has 4 nitrogen and oxygen atoms in total. The Morgan fingerprint density at radius 1 is 1.38 bits per heavy atom. The summed E-state index contributed by atoms with van der Waals surface area (Å²) in [5, 5.41) is 12.3. The lowest BCUT2D eigenvalue weighted by molar-refractivity contribution is -0.137. The average Bonchev–Trinajstić information content (AvgIpc) is 2.90. The summed E-state index contributed by atoms with van der Waals surface area (Å²) < 4.78 is 0. The first-order valence-electron chi connectivity index (χ1n) is 6.98. The van der Waals surface area contributed by atoms with Crippen molar-refractivity contribution in [3.63, 3.8) is 0 Å². The highest BCUT2D eigenvalue weighted by molar-refractivity contribution is 6.31. The molecule has 1 aromatic rings. The van der Waals surface area contributed by atoms with Crippen molar-refractivity contribution in [2.45, 2.75) is 31.7 Å². The smallest absolute Gasteiger partial charge is 0.305 e. The van der Waals surface area contributed by atoms with E-state index in [9.17, 15) is 9.59 Å². The van der Waals surface area contributed by atoms with Gasteiger partial charge in [-0.2, -0.15) is 0 Å². The number of hydrogen-bond donors (Lipinski definition) is 2. The summed E-state index contributed by atoms with van der Waals surface area (Å²) in [5.41, 5.74) is 0.636. The van der Waals surface area contributed by atoms with Crippen LogP contribution in [0.3, 0.4) is 0 Å². The first kappa shape index (κ1) is 15.6. The van der Waals surface area contributed by atoms with Crippen LogP contribution in [-0.2, 0) is 9.59 Å². The minimum atomic E-state index is -0.971. The quantitative estimate of drug-likeness (QED) is 0.792. The molecule has 112 valence electrons. The molecular formula is C16H18ClNO3. The van der Waals surface area contributed by atoms with E-state index >= 15 is 0 Å². The largest absolute Gasteiger partial charge is 0.481 e. The molecular weight excluding hydrogens is 290 g/mol. The maximum Gasteiger partial charge on any atom is 0.305 e. The van der Waals surface area contributed by atoms with E-state index in [2.05, 4.69) is 11.4 Å². The van der Waals surface area contributed by atoms with Gasteiger partial charge in [0.2, 0.25) is 5.91 Å². The van der Waals surface area contributed by atoms with Crippen LogP contribution in [0.1, 0.15) is 37.3 Å². The molecule has 5 heteroatoms. The fourth-order valence-corrected chi connectivity index (χ4v) is 2.80. The number of aliphatic carboxylic acids is 1. The SMILES string of the molecule is O=C(O)C[C@@H](NC(=O)C[C@@H]1C=CCC1)c1ccccc1Cl. The van der Waals surface area contributed by atoms with Crippen LogP contribution in [0.25, 0.3) is 0 Å². The lowest BCUT2D eigenvalue weighted by atomic mass is 10.0. The second kappa shape index (κ2) is 7.27. The predicted molar refractivity (Wildman–Crippen MR) is 81.1 cm³/mol. The second-order valence-corrected chi connectivity index (χ2v) is 5.62. The van der Waals surface area contributed by atoms with E-state index in [0.717, 1.165) is 12.8 Å². The van der Waals surface area contributed by atoms with E-state index in [1.54, 1.807) is 24.3 Å². The molecule has 0 radical (unpaired) electrons. The third-order valence-electron chi connectivity index (χ3n) is 3.55. The summed E-state index contributed by atoms with van der Waals surface area (Å²) in [6.07, 6.45) is 6.29. The fourth-order valence-electron chi connectivity index (χ4n) is 2.53. The van der Waals surface area contributed by atoms with Crippen molar-refractivity contribution in [3.05, 3.63) is 47.0 Å². The first-order valence-corrected chi connectivity index (χ1v) is 7.36. The third-order valence-corrected chi connectivity index (χ3v) is 3.90. The maximum absolute atomic E-state index is 12.1. The number of carbonyl (C=O) groups excluding carboxylic acids is 1. The van der Waals surface area contributed by atoms with Crippen LogP contribution in [0.4, 0.5) is 0 Å². The maximum atomic E-state index is 12.1. The Hall–Kier alpha value is -1.81. The van der Waals surface area contributed by atoms with Gasteiger partial charge in [-0.1, -0.05) is 42.0 Å². The van der Waals surface area contributed by atoms with E-state index in [1.807, 2.05) is 6.08 Å². The Bertz CT molecular complexity index is 556. The highest BCUT2D eigenvalue weighted by Crippen LogP contribution is 2.26. The van der Waals surface area contributed by atoms with Crippen LogP contribution in [0.15, 0.2) is 36.4 Å². The lowest BCUT2D eigenvalue weighted by Gasteiger charge is -2.19. The number of hydrogen-bond acceptors (Lipinski definition) is 2. The molecule has 0 aromatic heterocycles. The summed E-state index contributed by atoms with van der Waals surface area (Å²) in [6, 6.07) is 6.38. The summed E-state index contributed by atoms with van der Waals surface area (Å²) >= 11 is 6.10. The van der Waals surface area contributed by atoms with Gasteiger partial charge in [-0.25, -0.2) is 0 Å². The Balaban J connectivity index is 2.05. The van der Waals surface area contributed by atoms with Crippen molar-refractivity contribution in [1.82, 2.24) is 5.32 Å². The van der Waals surface area contributed by atoms with E-state index in [-0.39, 0.29) is 18.2 Å². The van der Waals surface area contributed by atoms with Crippen LogP contribution < -0.4 is 5.32 Å². The van der Waals surface area contributed by atoms with E-state index in [4.69, 9.17) is 16.7 Å². The summed E-state index contributed by atoms with van der Waals surface area (Å²) in [4.78, 5) is 23.1.